The average molecular weight is 434 g/mol. The lowest BCUT2D eigenvalue weighted by Crippen LogP contribution is -2.25. The van der Waals surface area contributed by atoms with Gasteiger partial charge in [-0.05, 0) is 61.9 Å². The molecule has 0 unspecified atom stereocenters. The van der Waals surface area contributed by atoms with Crippen molar-refractivity contribution in [2.75, 3.05) is 18.5 Å². The number of benzene rings is 1. The van der Waals surface area contributed by atoms with Gasteiger partial charge in [0.1, 0.15) is 11.5 Å². The first-order valence-corrected chi connectivity index (χ1v) is 10.0. The zero-order chi connectivity index (χ0) is 22.7. The Bertz CT molecular complexity index is 1200. The summed E-state index contributed by atoms with van der Waals surface area (Å²) in [5.41, 5.74) is 3.63. The van der Waals surface area contributed by atoms with Crippen LogP contribution in [0, 0.1) is 13.8 Å². The van der Waals surface area contributed by atoms with Gasteiger partial charge in [-0.1, -0.05) is 0 Å². The Morgan fingerprint density at radius 1 is 1.22 bits per heavy atom. The van der Waals surface area contributed by atoms with E-state index >= 15 is 0 Å². The van der Waals surface area contributed by atoms with E-state index in [1.807, 2.05) is 32.0 Å². The highest BCUT2D eigenvalue weighted by molar-refractivity contribution is 6.02. The molecule has 1 N–H and O–H groups in total. The fourth-order valence-electron chi connectivity index (χ4n) is 3.48. The van der Waals surface area contributed by atoms with Gasteiger partial charge >= 0.3 is 5.97 Å². The van der Waals surface area contributed by atoms with E-state index in [2.05, 4.69) is 9.88 Å². The van der Waals surface area contributed by atoms with Gasteiger partial charge in [-0.25, -0.2) is 4.79 Å². The molecule has 4 rings (SSSR count). The van der Waals surface area contributed by atoms with Crippen LogP contribution >= 0.6 is 0 Å². The van der Waals surface area contributed by atoms with Gasteiger partial charge in [0.25, 0.3) is 5.91 Å². The molecule has 164 valence electrons. The van der Waals surface area contributed by atoms with Gasteiger partial charge in [-0.2, -0.15) is 0 Å². The SMILES string of the molecule is Cc1cc(/C=C/C(=O)OCC(=O)c2ccc3c(c2)NC(=O)CO3)c(C)n1Cc1ccco1. The molecule has 1 aliphatic heterocycles. The number of ether oxygens (including phenoxy) is 2. The van der Waals surface area contributed by atoms with Crippen LogP contribution in [0.5, 0.6) is 5.75 Å². The lowest BCUT2D eigenvalue weighted by molar-refractivity contribution is -0.136. The van der Waals surface area contributed by atoms with Gasteiger partial charge in [0.2, 0.25) is 0 Å². The van der Waals surface area contributed by atoms with Crippen molar-refractivity contribution < 1.29 is 28.3 Å². The molecular formula is C24H22N2O6. The van der Waals surface area contributed by atoms with E-state index in [-0.39, 0.29) is 18.3 Å². The largest absolute Gasteiger partial charge is 0.482 e. The highest BCUT2D eigenvalue weighted by Crippen LogP contribution is 2.28. The number of carbonyl (C=O) groups is 3. The van der Waals surface area contributed by atoms with E-state index in [1.54, 1.807) is 24.5 Å². The van der Waals surface area contributed by atoms with E-state index in [0.29, 0.717) is 23.5 Å². The lowest BCUT2D eigenvalue weighted by atomic mass is 10.1. The number of hydrogen-bond acceptors (Lipinski definition) is 6. The minimum Gasteiger partial charge on any atom is -0.482 e. The third-order valence-corrected chi connectivity index (χ3v) is 5.19. The molecule has 1 amide bonds. The van der Waals surface area contributed by atoms with Crippen molar-refractivity contribution >= 4 is 29.4 Å². The van der Waals surface area contributed by atoms with Crippen LogP contribution in [-0.4, -0.2) is 35.4 Å². The Hall–Kier alpha value is -4.07. The molecule has 3 aromatic rings. The Morgan fingerprint density at radius 2 is 2.06 bits per heavy atom. The van der Waals surface area contributed by atoms with E-state index in [0.717, 1.165) is 22.7 Å². The maximum absolute atomic E-state index is 12.4. The number of amides is 1. The summed E-state index contributed by atoms with van der Waals surface area (Å²) in [7, 11) is 0. The average Bonchev–Trinajstić information content (AvgIpc) is 3.39. The number of fused-ring (bicyclic) bond motifs is 1. The van der Waals surface area contributed by atoms with E-state index in [1.165, 1.54) is 12.1 Å². The number of aryl methyl sites for hydroxylation is 1. The van der Waals surface area contributed by atoms with Crippen molar-refractivity contribution in [3.05, 3.63) is 77.0 Å². The standard InChI is InChI=1S/C24H22N2O6/c1-15-10-17(16(2)26(15)12-19-4-3-9-30-19)6-8-24(29)32-13-21(27)18-5-7-22-20(11-18)25-23(28)14-31-22/h3-11H,12-14H2,1-2H3,(H,25,28)/b8-6+. The molecule has 0 saturated heterocycles. The molecule has 0 atom stereocenters. The fourth-order valence-corrected chi connectivity index (χ4v) is 3.48. The highest BCUT2D eigenvalue weighted by atomic mass is 16.5. The van der Waals surface area contributed by atoms with E-state index < -0.39 is 12.6 Å². The van der Waals surface area contributed by atoms with Gasteiger partial charge in [0, 0.05) is 23.0 Å². The zero-order valence-corrected chi connectivity index (χ0v) is 17.7. The summed E-state index contributed by atoms with van der Waals surface area (Å²) in [5, 5.41) is 2.64. The molecule has 0 aliphatic carbocycles. The molecule has 8 nitrogen and oxygen atoms in total. The van der Waals surface area contributed by atoms with Crippen LogP contribution in [0.25, 0.3) is 6.08 Å². The van der Waals surface area contributed by atoms with Crippen LogP contribution in [0.1, 0.15) is 33.1 Å². The number of carbonyl (C=O) groups excluding carboxylic acids is 3. The zero-order valence-electron chi connectivity index (χ0n) is 17.7. The quantitative estimate of drug-likeness (QED) is 0.347. The number of Topliss-reactive ketones (excluding diaryl/α,β-unsaturated/α-hetero) is 1. The third-order valence-electron chi connectivity index (χ3n) is 5.19. The molecule has 0 fully saturated rings. The normalized spacial score (nSPS) is 12.9. The number of furan rings is 1. The summed E-state index contributed by atoms with van der Waals surface area (Å²) < 4.78 is 17.9. The molecule has 0 saturated carbocycles. The van der Waals surface area contributed by atoms with Crippen LogP contribution in [0.3, 0.4) is 0 Å². The number of ketones is 1. The molecule has 1 aliphatic rings. The van der Waals surface area contributed by atoms with Gasteiger partial charge < -0.3 is 23.8 Å². The van der Waals surface area contributed by atoms with Crippen LogP contribution in [-0.2, 0) is 20.9 Å². The van der Waals surface area contributed by atoms with E-state index in [9.17, 15) is 14.4 Å². The number of rotatable bonds is 7. The number of esters is 1. The molecule has 0 radical (unpaired) electrons. The van der Waals surface area contributed by atoms with Crippen molar-refractivity contribution in [1.82, 2.24) is 4.57 Å². The summed E-state index contributed by atoms with van der Waals surface area (Å²) in [6.07, 6.45) is 4.60. The Kier molecular flexibility index (Phi) is 5.93. The smallest absolute Gasteiger partial charge is 0.331 e. The summed E-state index contributed by atoms with van der Waals surface area (Å²) in [4.78, 5) is 35.9. The first-order chi connectivity index (χ1) is 15.4. The van der Waals surface area contributed by atoms with Crippen LogP contribution < -0.4 is 10.1 Å². The number of hydrogen-bond donors (Lipinski definition) is 1. The predicted octanol–water partition coefficient (Wildman–Crippen LogP) is 3.52. The predicted molar refractivity (Wildman–Crippen MR) is 117 cm³/mol. The fraction of sp³-hybridized carbons (Fsp3) is 0.208. The van der Waals surface area contributed by atoms with E-state index in [4.69, 9.17) is 13.9 Å². The van der Waals surface area contributed by atoms with Crippen LogP contribution in [0.4, 0.5) is 5.69 Å². The molecule has 32 heavy (non-hydrogen) atoms. The minimum atomic E-state index is -0.621. The molecule has 3 heterocycles. The maximum atomic E-state index is 12.4. The molecular weight excluding hydrogens is 412 g/mol. The first-order valence-electron chi connectivity index (χ1n) is 10.0. The summed E-state index contributed by atoms with van der Waals surface area (Å²) in [5.74, 6) is 0.0382. The Balaban J connectivity index is 1.35. The Morgan fingerprint density at radius 3 is 2.84 bits per heavy atom. The number of nitrogens with one attached hydrogen (secondary N) is 1. The maximum Gasteiger partial charge on any atom is 0.331 e. The molecule has 0 spiro atoms. The van der Waals surface area contributed by atoms with Crippen molar-refractivity contribution in [3.63, 3.8) is 0 Å². The second kappa shape index (κ2) is 8.97. The summed E-state index contributed by atoms with van der Waals surface area (Å²) >= 11 is 0. The first kappa shape index (κ1) is 21.2. The minimum absolute atomic E-state index is 0.0600. The number of aromatic nitrogens is 1. The monoisotopic (exact) mass is 434 g/mol. The molecule has 0 bridgehead atoms. The second-order valence-corrected chi connectivity index (χ2v) is 7.40. The number of anilines is 1. The van der Waals surface area contributed by atoms with Gasteiger partial charge in [-0.3, -0.25) is 9.59 Å². The topological polar surface area (TPSA) is 99.8 Å². The van der Waals surface area contributed by atoms with Crippen LogP contribution in [0.15, 0.2) is 53.2 Å². The van der Waals surface area contributed by atoms with Crippen molar-refractivity contribution in [1.29, 1.82) is 0 Å². The summed E-state index contributed by atoms with van der Waals surface area (Å²) in [6, 6.07) is 10.4. The van der Waals surface area contributed by atoms with Crippen molar-refractivity contribution in [3.8, 4) is 5.75 Å². The molecule has 1 aromatic carbocycles. The second-order valence-electron chi connectivity index (χ2n) is 7.40. The third kappa shape index (κ3) is 4.64. The van der Waals surface area contributed by atoms with Gasteiger partial charge in [-0.15, -0.1) is 0 Å². The molecule has 8 heteroatoms. The highest BCUT2D eigenvalue weighted by Gasteiger charge is 2.18. The summed E-state index contributed by atoms with van der Waals surface area (Å²) in [6.45, 7) is 4.08. The van der Waals surface area contributed by atoms with Crippen molar-refractivity contribution in [2.45, 2.75) is 20.4 Å². The van der Waals surface area contributed by atoms with Gasteiger partial charge in [0.15, 0.2) is 19.0 Å². The van der Waals surface area contributed by atoms with Gasteiger partial charge in [0.05, 0.1) is 18.5 Å². The van der Waals surface area contributed by atoms with Crippen molar-refractivity contribution in [2.24, 2.45) is 0 Å². The number of nitrogens with zero attached hydrogens (tertiary/aromatic N) is 1. The Labute approximate surface area is 184 Å². The molecule has 2 aromatic heterocycles. The van der Waals surface area contributed by atoms with Crippen LogP contribution in [0.2, 0.25) is 0 Å². The lowest BCUT2D eigenvalue weighted by Gasteiger charge is -2.18.